The summed E-state index contributed by atoms with van der Waals surface area (Å²) in [6, 6.07) is 10.7. The van der Waals surface area contributed by atoms with Gasteiger partial charge in [0.1, 0.15) is 12.4 Å². The molecule has 0 aliphatic carbocycles. The Morgan fingerprint density at radius 2 is 1.86 bits per heavy atom. The molecule has 0 unspecified atom stereocenters. The molecule has 0 aliphatic heterocycles. The molecule has 0 aliphatic rings. The molecule has 4 N–H and O–H groups in total. The number of amides is 1. The first-order valence-electron chi connectivity index (χ1n) is 7.87. The van der Waals surface area contributed by atoms with E-state index in [1.165, 1.54) is 24.3 Å². The maximum atomic E-state index is 12.6. The molecule has 0 saturated carbocycles. The molecule has 8 nitrogen and oxygen atoms in total. The van der Waals surface area contributed by atoms with Crippen LogP contribution in [0, 0.1) is 0 Å². The Bertz CT molecular complexity index is 965. The summed E-state index contributed by atoms with van der Waals surface area (Å²) in [5, 5.41) is 10.4. The number of carbonyl (C=O) groups excluding carboxylic acids is 1. The van der Waals surface area contributed by atoms with Crippen molar-refractivity contribution in [3.05, 3.63) is 52.5 Å². The molecule has 2 rings (SSSR count). The van der Waals surface area contributed by atoms with Crippen LogP contribution in [-0.4, -0.2) is 39.8 Å². The molecule has 0 atom stereocenters. The van der Waals surface area contributed by atoms with E-state index in [4.69, 9.17) is 26.8 Å². The van der Waals surface area contributed by atoms with Gasteiger partial charge in [-0.2, -0.15) is 0 Å². The normalized spacial score (nSPS) is 11.0. The van der Waals surface area contributed by atoms with E-state index in [0.29, 0.717) is 28.1 Å². The Labute approximate surface area is 176 Å². The molecule has 11 heteroatoms. The summed E-state index contributed by atoms with van der Waals surface area (Å²) in [4.78, 5) is 12.5. The molecule has 2 aromatic rings. The van der Waals surface area contributed by atoms with Gasteiger partial charge in [-0.15, -0.1) is 0 Å². The number of rotatable bonds is 7. The van der Waals surface area contributed by atoms with Crippen molar-refractivity contribution in [3.63, 3.8) is 0 Å². The molecule has 0 saturated heterocycles. The second-order valence-corrected chi connectivity index (χ2v) is 8.34. The summed E-state index contributed by atoms with van der Waals surface area (Å²) >= 11 is 8.46. The van der Waals surface area contributed by atoms with E-state index in [1.807, 2.05) is 0 Å². The molecule has 0 radical (unpaired) electrons. The third-order valence-electron chi connectivity index (χ3n) is 3.40. The zero-order chi connectivity index (χ0) is 20.7. The number of hydrogen-bond donors (Lipinski definition) is 3. The lowest BCUT2D eigenvalue weighted by atomic mass is 10.2. The number of anilines is 1. The lowest BCUT2D eigenvalue weighted by Gasteiger charge is -2.13. The lowest BCUT2D eigenvalue weighted by Crippen LogP contribution is -2.34. The molecular weight excluding hydrogens is 470 g/mol. The van der Waals surface area contributed by atoms with Crippen molar-refractivity contribution in [2.24, 2.45) is 5.14 Å². The molecule has 0 fully saturated rings. The van der Waals surface area contributed by atoms with E-state index in [0.717, 1.165) is 0 Å². The lowest BCUT2D eigenvalue weighted by molar-refractivity contribution is 0.0969. The number of hydrogen-bond acceptors (Lipinski definition) is 6. The van der Waals surface area contributed by atoms with Gasteiger partial charge in [-0.1, -0.05) is 15.9 Å². The number of nitrogens with two attached hydrogens (primary N) is 1. The summed E-state index contributed by atoms with van der Waals surface area (Å²) in [5.74, 6) is -0.0783. The molecule has 1 amide bonds. The van der Waals surface area contributed by atoms with Crippen molar-refractivity contribution >= 4 is 54.9 Å². The van der Waals surface area contributed by atoms with Crippen LogP contribution in [0.5, 0.6) is 5.75 Å². The van der Waals surface area contributed by atoms with Crippen molar-refractivity contribution in [1.29, 1.82) is 0 Å². The number of ether oxygens (including phenoxy) is 2. The fourth-order valence-electron chi connectivity index (χ4n) is 2.10. The number of halogens is 1. The maximum Gasteiger partial charge on any atom is 0.261 e. The molecule has 0 aromatic heterocycles. The van der Waals surface area contributed by atoms with E-state index in [2.05, 4.69) is 26.6 Å². The first-order valence-corrected chi connectivity index (χ1v) is 10.6. The minimum atomic E-state index is -3.78. The first-order chi connectivity index (χ1) is 13.2. The Morgan fingerprint density at radius 1 is 1.18 bits per heavy atom. The summed E-state index contributed by atoms with van der Waals surface area (Å²) in [7, 11) is -2.23. The van der Waals surface area contributed by atoms with Gasteiger partial charge in [0.05, 0.1) is 17.1 Å². The van der Waals surface area contributed by atoms with Gasteiger partial charge >= 0.3 is 0 Å². The number of sulfonamides is 1. The van der Waals surface area contributed by atoms with Crippen LogP contribution >= 0.6 is 28.1 Å². The number of methoxy groups -OCH3 is 1. The summed E-state index contributed by atoms with van der Waals surface area (Å²) in [6.07, 6.45) is 0. The molecule has 0 spiro atoms. The minimum absolute atomic E-state index is 0.0278. The Morgan fingerprint density at radius 3 is 2.46 bits per heavy atom. The van der Waals surface area contributed by atoms with E-state index in [-0.39, 0.29) is 16.6 Å². The van der Waals surface area contributed by atoms with Gasteiger partial charge < -0.3 is 14.8 Å². The fourth-order valence-corrected chi connectivity index (χ4v) is 3.19. The average Bonchev–Trinajstić information content (AvgIpc) is 2.62. The zero-order valence-electron chi connectivity index (χ0n) is 14.8. The fraction of sp³-hybridized carbons (Fsp3) is 0.176. The van der Waals surface area contributed by atoms with Crippen LogP contribution < -0.4 is 20.5 Å². The number of primary sulfonamides is 1. The molecule has 150 valence electrons. The minimum Gasteiger partial charge on any atom is -0.490 e. The van der Waals surface area contributed by atoms with E-state index in [9.17, 15) is 13.2 Å². The Hall–Kier alpha value is -2.05. The highest BCUT2D eigenvalue weighted by molar-refractivity contribution is 9.10. The van der Waals surface area contributed by atoms with E-state index < -0.39 is 15.9 Å². The topological polar surface area (TPSA) is 120 Å². The maximum absolute atomic E-state index is 12.6. The van der Waals surface area contributed by atoms with Gasteiger partial charge in [0.15, 0.2) is 5.11 Å². The highest BCUT2D eigenvalue weighted by Crippen LogP contribution is 2.23. The van der Waals surface area contributed by atoms with Crippen molar-refractivity contribution in [2.75, 3.05) is 25.6 Å². The number of benzene rings is 2. The highest BCUT2D eigenvalue weighted by Gasteiger charge is 2.15. The Balaban J connectivity index is 2.06. The van der Waals surface area contributed by atoms with Crippen LogP contribution in [0.4, 0.5) is 5.69 Å². The predicted octanol–water partition coefficient (Wildman–Crippen LogP) is 2.25. The second kappa shape index (κ2) is 9.94. The standard InChI is InChI=1S/C17H18BrN3O5S2/c1-25-8-9-26-15-7-2-11(18)10-14(15)16(22)21-17(27)20-12-3-5-13(6-4-12)28(19,23)24/h2-7,10H,8-9H2,1H3,(H2,19,23,24)(H2,20,21,22,27). The van der Waals surface area contributed by atoms with Crippen molar-refractivity contribution in [2.45, 2.75) is 4.90 Å². The van der Waals surface area contributed by atoms with E-state index >= 15 is 0 Å². The van der Waals surface area contributed by atoms with Crippen molar-refractivity contribution in [1.82, 2.24) is 5.32 Å². The summed E-state index contributed by atoms with van der Waals surface area (Å²) in [6.45, 7) is 0.670. The van der Waals surface area contributed by atoms with Gasteiger partial charge in [0, 0.05) is 17.3 Å². The highest BCUT2D eigenvalue weighted by atomic mass is 79.9. The molecule has 28 heavy (non-hydrogen) atoms. The van der Waals surface area contributed by atoms with Crippen molar-refractivity contribution in [3.8, 4) is 5.75 Å². The number of thiocarbonyl (C=S) groups is 1. The number of carbonyl (C=O) groups is 1. The van der Waals surface area contributed by atoms with Gasteiger partial charge in [0.25, 0.3) is 5.91 Å². The average molecular weight is 488 g/mol. The van der Waals surface area contributed by atoms with Crippen LogP contribution in [0.25, 0.3) is 0 Å². The SMILES string of the molecule is COCCOc1ccc(Br)cc1C(=O)NC(=S)Nc1ccc(S(N)(=O)=O)cc1. The van der Waals surface area contributed by atoms with Crippen LogP contribution in [0.15, 0.2) is 51.8 Å². The predicted molar refractivity (Wildman–Crippen MR) is 113 cm³/mol. The zero-order valence-corrected chi connectivity index (χ0v) is 18.0. The van der Waals surface area contributed by atoms with Gasteiger partial charge in [-0.25, -0.2) is 13.6 Å². The van der Waals surface area contributed by atoms with Crippen LogP contribution in [0.2, 0.25) is 0 Å². The molecule has 2 aromatic carbocycles. The quantitative estimate of drug-likeness (QED) is 0.404. The summed E-state index contributed by atoms with van der Waals surface area (Å²) < 4.78 is 33.7. The van der Waals surface area contributed by atoms with Gasteiger partial charge in [-0.3, -0.25) is 10.1 Å². The third-order valence-corrected chi connectivity index (χ3v) is 5.03. The van der Waals surface area contributed by atoms with Crippen molar-refractivity contribution < 1.29 is 22.7 Å². The molecule has 0 bridgehead atoms. The molecular formula is C17H18BrN3O5S2. The van der Waals surface area contributed by atoms with Crippen LogP contribution in [0.3, 0.4) is 0 Å². The van der Waals surface area contributed by atoms with Gasteiger partial charge in [-0.05, 0) is 54.7 Å². The third kappa shape index (κ3) is 6.53. The van der Waals surface area contributed by atoms with Gasteiger partial charge in [0.2, 0.25) is 10.0 Å². The van der Waals surface area contributed by atoms with E-state index in [1.54, 1.807) is 25.3 Å². The Kier molecular flexibility index (Phi) is 7.89. The largest absolute Gasteiger partial charge is 0.490 e. The summed E-state index contributed by atoms with van der Waals surface area (Å²) in [5.41, 5.74) is 0.780. The first kappa shape index (κ1) is 22.2. The monoisotopic (exact) mass is 487 g/mol. The second-order valence-electron chi connectivity index (χ2n) is 5.46. The smallest absolute Gasteiger partial charge is 0.261 e. The molecule has 0 heterocycles. The van der Waals surface area contributed by atoms with Crippen LogP contribution in [-0.2, 0) is 14.8 Å². The van der Waals surface area contributed by atoms with Crippen LogP contribution in [0.1, 0.15) is 10.4 Å². The number of nitrogens with one attached hydrogen (secondary N) is 2.